The summed E-state index contributed by atoms with van der Waals surface area (Å²) in [6.45, 7) is 2.18. The number of halogens is 1. The Morgan fingerprint density at radius 3 is 2.20 bits per heavy atom. The SMILES string of the molecule is O=CN1CCN(C(=O)/C(=C/c2ccccc2Cl)c2ccccc2)CC1. The molecule has 0 aromatic heterocycles. The number of amides is 2. The van der Waals surface area contributed by atoms with Gasteiger partial charge in [0.05, 0.1) is 0 Å². The third-order valence-electron chi connectivity index (χ3n) is 4.27. The summed E-state index contributed by atoms with van der Waals surface area (Å²) >= 11 is 6.27. The van der Waals surface area contributed by atoms with E-state index in [2.05, 4.69) is 0 Å². The van der Waals surface area contributed by atoms with Crippen molar-refractivity contribution in [2.45, 2.75) is 0 Å². The van der Waals surface area contributed by atoms with Gasteiger partial charge in [0, 0.05) is 36.8 Å². The predicted octanol–water partition coefficient (Wildman–Crippen LogP) is 3.18. The Kier molecular flexibility index (Phi) is 5.51. The summed E-state index contributed by atoms with van der Waals surface area (Å²) in [6.07, 6.45) is 2.67. The molecule has 2 amide bonds. The number of carbonyl (C=O) groups is 2. The topological polar surface area (TPSA) is 40.6 Å². The molecule has 2 aromatic rings. The number of carbonyl (C=O) groups excluding carboxylic acids is 2. The fourth-order valence-corrected chi connectivity index (χ4v) is 3.02. The molecule has 1 saturated heterocycles. The van der Waals surface area contributed by atoms with Crippen LogP contribution in [-0.4, -0.2) is 48.3 Å². The molecule has 1 fully saturated rings. The smallest absolute Gasteiger partial charge is 0.254 e. The molecule has 5 heteroatoms. The van der Waals surface area contributed by atoms with E-state index >= 15 is 0 Å². The quantitative estimate of drug-likeness (QED) is 0.480. The third-order valence-corrected chi connectivity index (χ3v) is 4.62. The molecule has 0 N–H and O–H groups in total. The van der Waals surface area contributed by atoms with Gasteiger partial charge in [0.2, 0.25) is 6.41 Å². The minimum Gasteiger partial charge on any atom is -0.342 e. The number of hydrogen-bond acceptors (Lipinski definition) is 2. The van der Waals surface area contributed by atoms with E-state index < -0.39 is 0 Å². The molecule has 0 spiro atoms. The van der Waals surface area contributed by atoms with E-state index in [1.807, 2.05) is 60.7 Å². The first-order chi connectivity index (χ1) is 12.2. The summed E-state index contributed by atoms with van der Waals surface area (Å²) in [6, 6.07) is 17.0. The summed E-state index contributed by atoms with van der Waals surface area (Å²) < 4.78 is 0. The normalized spacial score (nSPS) is 15.2. The maximum atomic E-state index is 13.1. The maximum absolute atomic E-state index is 13.1. The van der Waals surface area contributed by atoms with Crippen molar-refractivity contribution in [2.75, 3.05) is 26.2 Å². The number of piperazine rings is 1. The Morgan fingerprint density at radius 2 is 1.56 bits per heavy atom. The van der Waals surface area contributed by atoms with Gasteiger partial charge >= 0.3 is 0 Å². The van der Waals surface area contributed by atoms with Crippen molar-refractivity contribution in [1.82, 2.24) is 9.80 Å². The molecule has 0 radical (unpaired) electrons. The Morgan fingerprint density at radius 1 is 0.920 bits per heavy atom. The summed E-state index contributed by atoms with van der Waals surface area (Å²) in [5.41, 5.74) is 2.27. The monoisotopic (exact) mass is 354 g/mol. The zero-order valence-electron chi connectivity index (χ0n) is 13.8. The molecule has 4 nitrogen and oxygen atoms in total. The standard InChI is InChI=1S/C20H19ClN2O2/c21-19-9-5-4-8-17(19)14-18(16-6-2-1-3-7-16)20(25)23-12-10-22(15-24)11-13-23/h1-9,14-15H,10-13H2/b18-14+. The average molecular weight is 355 g/mol. The van der Waals surface area contributed by atoms with Crippen LogP contribution < -0.4 is 0 Å². The summed E-state index contributed by atoms with van der Waals surface area (Å²) in [4.78, 5) is 27.5. The Balaban J connectivity index is 1.93. The molecule has 1 aliphatic rings. The van der Waals surface area contributed by atoms with E-state index in [4.69, 9.17) is 11.6 Å². The third kappa shape index (κ3) is 4.09. The van der Waals surface area contributed by atoms with E-state index in [1.54, 1.807) is 9.80 Å². The zero-order valence-corrected chi connectivity index (χ0v) is 14.5. The lowest BCUT2D eigenvalue weighted by Crippen LogP contribution is -2.48. The van der Waals surface area contributed by atoms with Crippen LogP contribution in [0.3, 0.4) is 0 Å². The van der Waals surface area contributed by atoms with Crippen LogP contribution in [0.1, 0.15) is 11.1 Å². The summed E-state index contributed by atoms with van der Waals surface area (Å²) in [5, 5.41) is 0.606. The van der Waals surface area contributed by atoms with Gasteiger partial charge in [-0.25, -0.2) is 0 Å². The molecule has 0 atom stereocenters. The second-order valence-electron chi connectivity index (χ2n) is 5.88. The van der Waals surface area contributed by atoms with E-state index in [1.165, 1.54) is 0 Å². The lowest BCUT2D eigenvalue weighted by atomic mass is 10.0. The van der Waals surface area contributed by atoms with Crippen LogP contribution >= 0.6 is 11.6 Å². The zero-order chi connectivity index (χ0) is 17.6. The van der Waals surface area contributed by atoms with Gasteiger partial charge in [-0.05, 0) is 23.3 Å². The molecule has 0 bridgehead atoms. The van der Waals surface area contributed by atoms with Crippen molar-refractivity contribution < 1.29 is 9.59 Å². The van der Waals surface area contributed by atoms with Gasteiger partial charge in [0.1, 0.15) is 0 Å². The molecule has 1 aliphatic heterocycles. The minimum absolute atomic E-state index is 0.0448. The van der Waals surface area contributed by atoms with Crippen molar-refractivity contribution in [3.63, 3.8) is 0 Å². The van der Waals surface area contributed by atoms with Crippen LogP contribution in [0.25, 0.3) is 11.6 Å². The highest BCUT2D eigenvalue weighted by Gasteiger charge is 2.24. The predicted molar refractivity (Wildman–Crippen MR) is 100.0 cm³/mol. The van der Waals surface area contributed by atoms with E-state index in [0.717, 1.165) is 17.5 Å². The fourth-order valence-electron chi connectivity index (χ4n) is 2.83. The van der Waals surface area contributed by atoms with Crippen molar-refractivity contribution >= 4 is 35.6 Å². The maximum Gasteiger partial charge on any atom is 0.254 e. The fraction of sp³-hybridized carbons (Fsp3) is 0.200. The molecule has 2 aromatic carbocycles. The van der Waals surface area contributed by atoms with Gasteiger partial charge in [0.15, 0.2) is 0 Å². The van der Waals surface area contributed by atoms with Crippen LogP contribution in [0, 0.1) is 0 Å². The lowest BCUT2D eigenvalue weighted by molar-refractivity contribution is -0.130. The van der Waals surface area contributed by atoms with Crippen molar-refractivity contribution in [3.05, 3.63) is 70.7 Å². The van der Waals surface area contributed by atoms with Crippen LogP contribution in [0.2, 0.25) is 5.02 Å². The first kappa shape index (κ1) is 17.2. The van der Waals surface area contributed by atoms with Gasteiger partial charge in [-0.3, -0.25) is 9.59 Å². The second kappa shape index (κ2) is 7.99. The van der Waals surface area contributed by atoms with Gasteiger partial charge in [-0.2, -0.15) is 0 Å². The van der Waals surface area contributed by atoms with E-state index in [0.29, 0.717) is 36.8 Å². The number of hydrogen-bond donors (Lipinski definition) is 0. The van der Waals surface area contributed by atoms with Gasteiger partial charge in [0.25, 0.3) is 5.91 Å². The Labute approximate surface area is 152 Å². The second-order valence-corrected chi connectivity index (χ2v) is 6.29. The first-order valence-electron chi connectivity index (χ1n) is 8.19. The average Bonchev–Trinajstić information content (AvgIpc) is 2.67. The molecule has 3 rings (SSSR count). The van der Waals surface area contributed by atoms with Crippen LogP contribution in [0.4, 0.5) is 0 Å². The molecule has 0 unspecified atom stereocenters. The number of benzene rings is 2. The molecule has 0 saturated carbocycles. The van der Waals surface area contributed by atoms with Crippen LogP contribution in [0.15, 0.2) is 54.6 Å². The van der Waals surface area contributed by atoms with Gasteiger partial charge < -0.3 is 9.80 Å². The highest BCUT2D eigenvalue weighted by Crippen LogP contribution is 2.25. The molecular weight excluding hydrogens is 336 g/mol. The van der Waals surface area contributed by atoms with Gasteiger partial charge in [-0.15, -0.1) is 0 Å². The minimum atomic E-state index is -0.0448. The molecule has 0 aliphatic carbocycles. The Hall–Kier alpha value is -2.59. The molecular formula is C20H19ClN2O2. The van der Waals surface area contributed by atoms with Crippen molar-refractivity contribution in [1.29, 1.82) is 0 Å². The summed E-state index contributed by atoms with van der Waals surface area (Å²) in [5.74, 6) is -0.0448. The van der Waals surface area contributed by atoms with Crippen LogP contribution in [-0.2, 0) is 9.59 Å². The van der Waals surface area contributed by atoms with Crippen LogP contribution in [0.5, 0.6) is 0 Å². The highest BCUT2D eigenvalue weighted by atomic mass is 35.5. The van der Waals surface area contributed by atoms with Crippen molar-refractivity contribution in [3.8, 4) is 0 Å². The summed E-state index contributed by atoms with van der Waals surface area (Å²) in [7, 11) is 0. The van der Waals surface area contributed by atoms with E-state index in [9.17, 15) is 9.59 Å². The van der Waals surface area contributed by atoms with E-state index in [-0.39, 0.29) is 5.91 Å². The lowest BCUT2D eigenvalue weighted by Gasteiger charge is -2.33. The number of nitrogens with zero attached hydrogens (tertiary/aromatic N) is 2. The first-order valence-corrected chi connectivity index (χ1v) is 8.57. The van der Waals surface area contributed by atoms with Crippen molar-refractivity contribution in [2.24, 2.45) is 0 Å². The van der Waals surface area contributed by atoms with Gasteiger partial charge in [-0.1, -0.05) is 60.1 Å². The molecule has 25 heavy (non-hydrogen) atoms. The largest absolute Gasteiger partial charge is 0.342 e. The highest BCUT2D eigenvalue weighted by molar-refractivity contribution is 6.33. The Bertz CT molecular complexity index is 781. The molecule has 128 valence electrons. The molecule has 1 heterocycles. The number of rotatable bonds is 4.